The van der Waals surface area contributed by atoms with Crippen LogP contribution in [0.25, 0.3) is 6.08 Å². The minimum Gasteiger partial charge on any atom is -0.493 e. The van der Waals surface area contributed by atoms with Gasteiger partial charge in [-0.2, -0.15) is 0 Å². The van der Waals surface area contributed by atoms with E-state index in [0.717, 1.165) is 5.56 Å². The molecule has 0 aliphatic carbocycles. The summed E-state index contributed by atoms with van der Waals surface area (Å²) in [4.78, 5) is 23.8. The number of nitrogens with zero attached hydrogens (tertiary/aromatic N) is 1. The van der Waals surface area contributed by atoms with Crippen LogP contribution < -0.4 is 14.2 Å². The molecule has 0 aromatic heterocycles. The van der Waals surface area contributed by atoms with Crippen molar-refractivity contribution in [3.63, 3.8) is 0 Å². The molecule has 0 saturated heterocycles. The molecule has 0 bridgehead atoms. The number of benzene rings is 1. The molecule has 1 aromatic rings. The van der Waals surface area contributed by atoms with E-state index < -0.39 is 5.97 Å². The highest BCUT2D eigenvalue weighted by Crippen LogP contribution is 2.40. The van der Waals surface area contributed by atoms with Crippen LogP contribution in [0.5, 0.6) is 17.2 Å². The summed E-state index contributed by atoms with van der Waals surface area (Å²) in [6, 6.07) is 3.51. The quantitative estimate of drug-likeness (QED) is 0.798. The van der Waals surface area contributed by atoms with Crippen LogP contribution >= 0.6 is 0 Å². The largest absolute Gasteiger partial charge is 0.493 e. The molecule has 1 aromatic carbocycles. The maximum absolute atomic E-state index is 11.9. The molecule has 1 heterocycles. The van der Waals surface area contributed by atoms with Crippen LogP contribution in [0.1, 0.15) is 12.0 Å². The van der Waals surface area contributed by atoms with Crippen molar-refractivity contribution in [1.29, 1.82) is 0 Å². The molecule has 1 aliphatic rings. The Morgan fingerprint density at radius 3 is 2.78 bits per heavy atom. The Labute approximate surface area is 134 Å². The van der Waals surface area contributed by atoms with E-state index in [-0.39, 0.29) is 18.9 Å². The van der Waals surface area contributed by atoms with Gasteiger partial charge < -0.3 is 24.2 Å². The number of fused-ring (bicyclic) bond motifs is 1. The molecule has 2 rings (SSSR count). The molecule has 0 unspecified atom stereocenters. The van der Waals surface area contributed by atoms with Crippen LogP contribution in [-0.2, 0) is 9.59 Å². The number of methoxy groups -OCH3 is 1. The molecule has 1 amide bonds. The number of carbonyl (C=O) groups excluding carboxylic acids is 1. The zero-order valence-electron chi connectivity index (χ0n) is 13.1. The van der Waals surface area contributed by atoms with Crippen LogP contribution in [0.3, 0.4) is 0 Å². The fraction of sp³-hybridized carbons (Fsp3) is 0.375. The van der Waals surface area contributed by atoms with Gasteiger partial charge in [-0.25, -0.2) is 0 Å². The summed E-state index contributed by atoms with van der Waals surface area (Å²) in [5, 5.41) is 8.63. The second-order valence-corrected chi connectivity index (χ2v) is 4.98. The molecule has 23 heavy (non-hydrogen) atoms. The second-order valence-electron chi connectivity index (χ2n) is 4.98. The highest BCUT2D eigenvalue weighted by atomic mass is 16.6. The molecule has 1 N–H and O–H groups in total. The predicted octanol–water partition coefficient (Wildman–Crippen LogP) is 1.41. The maximum atomic E-state index is 11.9. The number of aliphatic carboxylic acids is 1. The van der Waals surface area contributed by atoms with Crippen LogP contribution in [0, 0.1) is 0 Å². The van der Waals surface area contributed by atoms with Crippen molar-refractivity contribution in [1.82, 2.24) is 4.90 Å². The lowest BCUT2D eigenvalue weighted by molar-refractivity contribution is -0.137. The normalized spacial score (nSPS) is 13.0. The first kappa shape index (κ1) is 16.7. The number of carboxylic acids is 1. The van der Waals surface area contributed by atoms with Crippen molar-refractivity contribution < 1.29 is 28.9 Å². The second kappa shape index (κ2) is 7.53. The Hall–Kier alpha value is -2.70. The fourth-order valence-electron chi connectivity index (χ4n) is 2.06. The number of likely N-dealkylation sites (N-methyl/N-ethyl adjacent to an activating group) is 1. The van der Waals surface area contributed by atoms with E-state index in [9.17, 15) is 9.59 Å². The average molecular weight is 321 g/mol. The van der Waals surface area contributed by atoms with Gasteiger partial charge in [0.15, 0.2) is 11.5 Å². The van der Waals surface area contributed by atoms with E-state index in [1.807, 2.05) is 0 Å². The minimum atomic E-state index is -0.940. The lowest BCUT2D eigenvalue weighted by Crippen LogP contribution is -2.27. The molecule has 0 atom stereocenters. The third-order valence-corrected chi connectivity index (χ3v) is 3.31. The van der Waals surface area contributed by atoms with Gasteiger partial charge in [0, 0.05) is 19.7 Å². The molecule has 0 radical (unpaired) electrons. The number of carbonyl (C=O) groups is 2. The van der Waals surface area contributed by atoms with E-state index >= 15 is 0 Å². The minimum absolute atomic E-state index is 0.0894. The van der Waals surface area contributed by atoms with Crippen molar-refractivity contribution in [2.24, 2.45) is 0 Å². The molecule has 1 aliphatic heterocycles. The SMILES string of the molecule is COc1cc(/C=C/C(=O)N(C)CCC(=O)O)cc2c1OCCO2. The summed E-state index contributed by atoms with van der Waals surface area (Å²) in [6.07, 6.45) is 2.92. The highest BCUT2D eigenvalue weighted by Gasteiger charge is 2.18. The summed E-state index contributed by atoms with van der Waals surface area (Å²) in [5.74, 6) is 0.446. The summed E-state index contributed by atoms with van der Waals surface area (Å²) >= 11 is 0. The monoisotopic (exact) mass is 321 g/mol. The lowest BCUT2D eigenvalue weighted by Gasteiger charge is -2.21. The van der Waals surface area contributed by atoms with Gasteiger partial charge in [-0.1, -0.05) is 0 Å². The van der Waals surface area contributed by atoms with Crippen molar-refractivity contribution in [3.8, 4) is 17.2 Å². The number of rotatable bonds is 6. The summed E-state index contributed by atoms with van der Waals surface area (Å²) in [6.45, 7) is 1.08. The van der Waals surface area contributed by atoms with Crippen LogP contribution in [0.4, 0.5) is 0 Å². The van der Waals surface area contributed by atoms with Gasteiger partial charge in [-0.05, 0) is 23.8 Å². The highest BCUT2D eigenvalue weighted by molar-refractivity contribution is 5.92. The van der Waals surface area contributed by atoms with Gasteiger partial charge in [0.05, 0.1) is 13.5 Å². The van der Waals surface area contributed by atoms with Gasteiger partial charge in [0.25, 0.3) is 0 Å². The summed E-state index contributed by atoms with van der Waals surface area (Å²) in [7, 11) is 3.09. The number of hydrogen-bond donors (Lipinski definition) is 1. The molecule has 0 saturated carbocycles. The first-order chi connectivity index (χ1) is 11.0. The molecule has 124 valence electrons. The van der Waals surface area contributed by atoms with E-state index in [4.69, 9.17) is 19.3 Å². The first-order valence-corrected chi connectivity index (χ1v) is 7.14. The predicted molar refractivity (Wildman–Crippen MR) is 82.9 cm³/mol. The van der Waals surface area contributed by atoms with E-state index in [0.29, 0.717) is 30.5 Å². The molecule has 0 spiro atoms. The van der Waals surface area contributed by atoms with Crippen molar-refractivity contribution in [2.45, 2.75) is 6.42 Å². The topological polar surface area (TPSA) is 85.3 Å². The summed E-state index contributed by atoms with van der Waals surface area (Å²) in [5.41, 5.74) is 0.728. The molecular formula is C16H19NO6. The molecule has 0 fully saturated rings. The van der Waals surface area contributed by atoms with E-state index in [2.05, 4.69) is 0 Å². The first-order valence-electron chi connectivity index (χ1n) is 7.14. The molecular weight excluding hydrogens is 302 g/mol. The Morgan fingerprint density at radius 2 is 2.09 bits per heavy atom. The molecule has 7 heteroatoms. The third kappa shape index (κ3) is 4.38. The standard InChI is InChI=1S/C16H19NO6/c1-17(6-5-15(19)20)14(18)4-3-11-9-12(21-2)16-13(10-11)22-7-8-23-16/h3-4,9-10H,5-8H2,1-2H3,(H,19,20)/b4-3+. The Kier molecular flexibility index (Phi) is 5.46. The summed E-state index contributed by atoms with van der Waals surface area (Å²) < 4.78 is 16.3. The Morgan fingerprint density at radius 1 is 1.35 bits per heavy atom. The smallest absolute Gasteiger partial charge is 0.305 e. The van der Waals surface area contributed by atoms with Crippen LogP contribution in [-0.4, -0.2) is 55.8 Å². The van der Waals surface area contributed by atoms with E-state index in [1.54, 1.807) is 25.3 Å². The van der Waals surface area contributed by atoms with E-state index in [1.165, 1.54) is 18.1 Å². The third-order valence-electron chi connectivity index (χ3n) is 3.31. The number of hydrogen-bond acceptors (Lipinski definition) is 5. The van der Waals surface area contributed by atoms with Crippen molar-refractivity contribution in [3.05, 3.63) is 23.8 Å². The zero-order valence-corrected chi connectivity index (χ0v) is 13.1. The van der Waals surface area contributed by atoms with Gasteiger partial charge in [-0.15, -0.1) is 0 Å². The van der Waals surface area contributed by atoms with Gasteiger partial charge >= 0.3 is 5.97 Å². The van der Waals surface area contributed by atoms with Gasteiger partial charge in [0.2, 0.25) is 11.7 Å². The van der Waals surface area contributed by atoms with Crippen molar-refractivity contribution >= 4 is 18.0 Å². The van der Waals surface area contributed by atoms with Gasteiger partial charge in [0.1, 0.15) is 13.2 Å². The fourth-order valence-corrected chi connectivity index (χ4v) is 2.06. The average Bonchev–Trinajstić information content (AvgIpc) is 2.56. The number of ether oxygens (including phenoxy) is 3. The van der Waals surface area contributed by atoms with Crippen LogP contribution in [0.2, 0.25) is 0 Å². The molecule has 7 nitrogen and oxygen atoms in total. The van der Waals surface area contributed by atoms with Crippen molar-refractivity contribution in [2.75, 3.05) is 33.9 Å². The lowest BCUT2D eigenvalue weighted by atomic mass is 10.1. The zero-order chi connectivity index (χ0) is 16.8. The van der Waals surface area contributed by atoms with Crippen LogP contribution in [0.15, 0.2) is 18.2 Å². The number of carboxylic acid groups (broad SMARTS) is 1. The number of amides is 1. The Balaban J connectivity index is 2.10. The Bertz CT molecular complexity index is 608. The van der Waals surface area contributed by atoms with Gasteiger partial charge in [-0.3, -0.25) is 9.59 Å². The maximum Gasteiger partial charge on any atom is 0.305 e.